The van der Waals surface area contributed by atoms with Crippen LogP contribution < -0.4 is 5.32 Å². The van der Waals surface area contributed by atoms with Gasteiger partial charge in [0.05, 0.1) is 19.1 Å². The highest BCUT2D eigenvalue weighted by Gasteiger charge is 2.22. The van der Waals surface area contributed by atoms with E-state index < -0.39 is 0 Å². The van der Waals surface area contributed by atoms with Crippen LogP contribution in [-0.2, 0) is 9.53 Å². The third-order valence-electron chi connectivity index (χ3n) is 4.57. The normalized spacial score (nSPS) is 22.0. The van der Waals surface area contributed by atoms with Crippen LogP contribution in [0.3, 0.4) is 0 Å². The second-order valence-electron chi connectivity index (χ2n) is 6.14. The molecule has 2 fully saturated rings. The Morgan fingerprint density at radius 1 is 1.18 bits per heavy atom. The summed E-state index contributed by atoms with van der Waals surface area (Å²) in [4.78, 5) is 16.4. The van der Waals surface area contributed by atoms with E-state index in [1.165, 1.54) is 25.7 Å². The smallest absolute Gasteiger partial charge is 0.225 e. The van der Waals surface area contributed by atoms with Crippen molar-refractivity contribution in [3.05, 3.63) is 0 Å². The highest BCUT2D eigenvalue weighted by atomic mass is 35.5. The minimum absolute atomic E-state index is 0. The molecule has 0 aromatic rings. The molecular weight excluding hydrogens is 325 g/mol. The number of carbonyl (C=O) groups is 1. The number of morpholine rings is 1. The van der Waals surface area contributed by atoms with Crippen LogP contribution in [0.25, 0.3) is 0 Å². The Kier molecular flexibility index (Phi) is 11.4. The summed E-state index contributed by atoms with van der Waals surface area (Å²) in [5.74, 6) is 0.193. The number of rotatable bonds is 6. The van der Waals surface area contributed by atoms with Crippen LogP contribution in [0.15, 0.2) is 0 Å². The van der Waals surface area contributed by atoms with E-state index in [0.717, 1.165) is 32.2 Å². The average Bonchev–Trinajstić information content (AvgIpc) is 2.99. The van der Waals surface area contributed by atoms with Gasteiger partial charge in [0.1, 0.15) is 0 Å². The molecule has 1 N–H and O–H groups in total. The molecule has 132 valence electrons. The van der Waals surface area contributed by atoms with Crippen molar-refractivity contribution in [2.24, 2.45) is 0 Å². The van der Waals surface area contributed by atoms with Gasteiger partial charge < -0.3 is 19.9 Å². The van der Waals surface area contributed by atoms with Crippen LogP contribution in [0, 0.1) is 0 Å². The number of ether oxygens (including phenoxy) is 1. The summed E-state index contributed by atoms with van der Waals surface area (Å²) in [6.45, 7) is 4.18. The number of nitrogens with zero attached hydrogens (tertiary/aromatic N) is 2. The highest BCUT2D eigenvalue weighted by Crippen LogP contribution is 2.22. The quantitative estimate of drug-likeness (QED) is 0.784. The van der Waals surface area contributed by atoms with Gasteiger partial charge in [-0.25, -0.2) is 0 Å². The van der Waals surface area contributed by atoms with E-state index in [4.69, 9.17) is 4.74 Å². The standard InChI is InChI=1S/C15H29N3O2.2ClH/c1-17(13-5-3-4-6-13)8-9-18(2)15(19)11-14-12-16-7-10-20-14;;/h13-14,16H,3-12H2,1-2H3;2*1H. The van der Waals surface area contributed by atoms with Crippen molar-refractivity contribution in [2.45, 2.75) is 44.2 Å². The number of halogens is 2. The molecule has 2 aliphatic rings. The summed E-state index contributed by atoms with van der Waals surface area (Å²) in [6, 6.07) is 0.726. The van der Waals surface area contributed by atoms with Gasteiger partial charge in [-0.3, -0.25) is 4.79 Å². The Hall–Kier alpha value is -0.0700. The minimum atomic E-state index is 0. The summed E-state index contributed by atoms with van der Waals surface area (Å²) < 4.78 is 5.59. The van der Waals surface area contributed by atoms with Crippen molar-refractivity contribution in [1.82, 2.24) is 15.1 Å². The van der Waals surface area contributed by atoms with Gasteiger partial charge in [-0.15, -0.1) is 24.8 Å². The number of nitrogens with one attached hydrogen (secondary N) is 1. The number of hydrogen-bond donors (Lipinski definition) is 1. The zero-order chi connectivity index (χ0) is 14.4. The summed E-state index contributed by atoms with van der Waals surface area (Å²) in [5.41, 5.74) is 0. The maximum Gasteiger partial charge on any atom is 0.225 e. The van der Waals surface area contributed by atoms with Crippen molar-refractivity contribution in [2.75, 3.05) is 46.9 Å². The third-order valence-corrected chi connectivity index (χ3v) is 4.57. The molecule has 5 nitrogen and oxygen atoms in total. The van der Waals surface area contributed by atoms with Gasteiger partial charge in [0, 0.05) is 39.3 Å². The van der Waals surface area contributed by atoms with Crippen LogP contribution in [-0.4, -0.2) is 74.7 Å². The Morgan fingerprint density at radius 2 is 1.86 bits per heavy atom. The molecule has 22 heavy (non-hydrogen) atoms. The maximum absolute atomic E-state index is 12.1. The fourth-order valence-corrected chi connectivity index (χ4v) is 3.06. The van der Waals surface area contributed by atoms with Gasteiger partial charge >= 0.3 is 0 Å². The van der Waals surface area contributed by atoms with Gasteiger partial charge in [0.15, 0.2) is 0 Å². The van der Waals surface area contributed by atoms with Crippen LogP contribution >= 0.6 is 24.8 Å². The van der Waals surface area contributed by atoms with Gasteiger partial charge in [-0.2, -0.15) is 0 Å². The summed E-state index contributed by atoms with van der Waals surface area (Å²) in [5, 5.41) is 3.26. The van der Waals surface area contributed by atoms with Gasteiger partial charge in [0.2, 0.25) is 5.91 Å². The van der Waals surface area contributed by atoms with E-state index >= 15 is 0 Å². The molecule has 0 spiro atoms. The molecule has 1 atom stereocenters. The van der Waals surface area contributed by atoms with Crippen molar-refractivity contribution in [3.63, 3.8) is 0 Å². The number of carbonyl (C=O) groups excluding carboxylic acids is 1. The predicted molar refractivity (Wildman–Crippen MR) is 94.2 cm³/mol. The highest BCUT2D eigenvalue weighted by molar-refractivity contribution is 5.85. The molecule has 0 aromatic heterocycles. The Labute approximate surface area is 146 Å². The average molecular weight is 356 g/mol. The number of likely N-dealkylation sites (N-methyl/N-ethyl adjacent to an activating group) is 2. The van der Waals surface area contributed by atoms with Crippen molar-refractivity contribution in [3.8, 4) is 0 Å². The molecular formula is C15H31Cl2N3O2. The molecule has 1 saturated heterocycles. The molecule has 1 unspecified atom stereocenters. The summed E-state index contributed by atoms with van der Waals surface area (Å²) >= 11 is 0. The topological polar surface area (TPSA) is 44.8 Å². The van der Waals surface area contributed by atoms with E-state index in [9.17, 15) is 4.79 Å². The van der Waals surface area contributed by atoms with E-state index in [-0.39, 0.29) is 36.8 Å². The molecule has 0 bridgehead atoms. The molecule has 0 radical (unpaired) electrons. The van der Waals surface area contributed by atoms with Crippen molar-refractivity contribution >= 4 is 30.7 Å². The van der Waals surface area contributed by atoms with E-state index in [1.807, 2.05) is 11.9 Å². The summed E-state index contributed by atoms with van der Waals surface area (Å²) in [6.07, 6.45) is 5.89. The van der Waals surface area contributed by atoms with Crippen LogP contribution in [0.5, 0.6) is 0 Å². The Bertz CT molecular complexity index is 309. The largest absolute Gasteiger partial charge is 0.375 e. The SMILES string of the molecule is CN(CCN(C)C1CCCC1)C(=O)CC1CNCCO1.Cl.Cl. The molecule has 0 aromatic carbocycles. The van der Waals surface area contributed by atoms with Crippen LogP contribution in [0.2, 0.25) is 0 Å². The predicted octanol–water partition coefficient (Wildman–Crippen LogP) is 1.54. The first kappa shape index (κ1) is 21.9. The Balaban J connectivity index is 0.00000220. The van der Waals surface area contributed by atoms with Gasteiger partial charge in [-0.1, -0.05) is 12.8 Å². The zero-order valence-corrected chi connectivity index (χ0v) is 15.4. The lowest BCUT2D eigenvalue weighted by Gasteiger charge is -2.28. The van der Waals surface area contributed by atoms with E-state index in [1.54, 1.807) is 0 Å². The molecule has 2 rings (SSSR count). The van der Waals surface area contributed by atoms with E-state index in [2.05, 4.69) is 17.3 Å². The third kappa shape index (κ3) is 7.01. The molecule has 1 amide bonds. The lowest BCUT2D eigenvalue weighted by Crippen LogP contribution is -2.43. The fourth-order valence-electron chi connectivity index (χ4n) is 3.06. The second kappa shape index (κ2) is 11.5. The van der Waals surface area contributed by atoms with Crippen molar-refractivity contribution in [1.29, 1.82) is 0 Å². The number of amides is 1. The first-order valence-corrected chi connectivity index (χ1v) is 7.93. The first-order valence-electron chi connectivity index (χ1n) is 7.93. The second-order valence-corrected chi connectivity index (χ2v) is 6.14. The molecule has 7 heteroatoms. The Morgan fingerprint density at radius 3 is 2.45 bits per heavy atom. The number of hydrogen-bond acceptors (Lipinski definition) is 4. The zero-order valence-electron chi connectivity index (χ0n) is 13.8. The van der Waals surface area contributed by atoms with Gasteiger partial charge in [-0.05, 0) is 19.9 Å². The van der Waals surface area contributed by atoms with Crippen LogP contribution in [0.1, 0.15) is 32.1 Å². The molecule has 1 aliphatic heterocycles. The lowest BCUT2D eigenvalue weighted by molar-refractivity contribution is -0.133. The fraction of sp³-hybridized carbons (Fsp3) is 0.933. The maximum atomic E-state index is 12.1. The first-order chi connectivity index (χ1) is 9.66. The molecule has 1 aliphatic carbocycles. The van der Waals surface area contributed by atoms with Crippen molar-refractivity contribution < 1.29 is 9.53 Å². The molecule has 1 saturated carbocycles. The summed E-state index contributed by atoms with van der Waals surface area (Å²) in [7, 11) is 4.09. The lowest BCUT2D eigenvalue weighted by atomic mass is 10.2. The van der Waals surface area contributed by atoms with Crippen LogP contribution in [0.4, 0.5) is 0 Å². The minimum Gasteiger partial charge on any atom is -0.375 e. The monoisotopic (exact) mass is 355 g/mol. The molecule has 1 heterocycles. The van der Waals surface area contributed by atoms with Gasteiger partial charge in [0.25, 0.3) is 0 Å². The van der Waals surface area contributed by atoms with E-state index in [0.29, 0.717) is 13.0 Å².